The van der Waals surface area contributed by atoms with Crippen LogP contribution < -0.4 is 10.6 Å². The van der Waals surface area contributed by atoms with E-state index in [0.29, 0.717) is 5.82 Å². The van der Waals surface area contributed by atoms with Gasteiger partial charge in [0.1, 0.15) is 11.7 Å². The number of hydrogen-bond acceptors (Lipinski definition) is 4. The number of hydrogen-bond donors (Lipinski definition) is 2. The summed E-state index contributed by atoms with van der Waals surface area (Å²) in [6.45, 7) is 3.74. The Morgan fingerprint density at radius 3 is 2.59 bits per heavy atom. The van der Waals surface area contributed by atoms with Crippen molar-refractivity contribution in [2.45, 2.75) is 19.9 Å². The van der Waals surface area contributed by atoms with Gasteiger partial charge in [0.2, 0.25) is 5.91 Å². The Labute approximate surface area is 128 Å². The van der Waals surface area contributed by atoms with E-state index in [1.165, 1.54) is 0 Å². The van der Waals surface area contributed by atoms with Gasteiger partial charge in [-0.15, -0.1) is 0 Å². The van der Waals surface area contributed by atoms with Gasteiger partial charge in [0.25, 0.3) is 5.91 Å². The van der Waals surface area contributed by atoms with E-state index in [1.807, 2.05) is 13.8 Å². The van der Waals surface area contributed by atoms with Crippen molar-refractivity contribution in [2.24, 2.45) is 5.92 Å². The molecule has 0 bridgehead atoms. The third kappa shape index (κ3) is 3.49. The molecule has 7 heteroatoms. The highest BCUT2D eigenvalue weighted by Gasteiger charge is 2.24. The molecule has 0 aliphatic carbocycles. The molecule has 0 spiro atoms. The second-order valence-electron chi connectivity index (χ2n) is 5.14. The van der Waals surface area contributed by atoms with Crippen molar-refractivity contribution in [3.05, 3.63) is 42.4 Å². The van der Waals surface area contributed by atoms with E-state index >= 15 is 0 Å². The molecule has 2 amide bonds. The van der Waals surface area contributed by atoms with Crippen LogP contribution >= 0.6 is 0 Å². The van der Waals surface area contributed by atoms with Crippen molar-refractivity contribution in [1.82, 2.24) is 25.4 Å². The summed E-state index contributed by atoms with van der Waals surface area (Å²) in [6, 6.07) is 6.25. The number of amides is 2. The molecule has 2 rings (SSSR count). The molecule has 7 nitrogen and oxygen atoms in total. The number of nitrogens with one attached hydrogen (secondary N) is 2. The van der Waals surface area contributed by atoms with Gasteiger partial charge in [0, 0.05) is 19.4 Å². The molecule has 0 aliphatic heterocycles. The number of rotatable bonds is 5. The summed E-state index contributed by atoms with van der Waals surface area (Å²) < 4.78 is 1.56. The van der Waals surface area contributed by atoms with E-state index in [4.69, 9.17) is 0 Å². The van der Waals surface area contributed by atoms with Crippen LogP contribution in [0.15, 0.2) is 36.7 Å². The number of likely N-dealkylation sites (N-methyl/N-ethyl adjacent to an activating group) is 1. The third-order valence-electron chi connectivity index (χ3n) is 3.19. The molecule has 22 heavy (non-hydrogen) atoms. The third-order valence-corrected chi connectivity index (χ3v) is 3.19. The van der Waals surface area contributed by atoms with Crippen LogP contribution in [-0.2, 0) is 4.79 Å². The van der Waals surface area contributed by atoms with Gasteiger partial charge in [-0.05, 0) is 24.1 Å². The van der Waals surface area contributed by atoms with Crippen molar-refractivity contribution in [1.29, 1.82) is 0 Å². The number of carbonyl (C=O) groups excluding carboxylic acids is 2. The monoisotopic (exact) mass is 301 g/mol. The van der Waals surface area contributed by atoms with E-state index in [9.17, 15) is 9.59 Å². The lowest BCUT2D eigenvalue weighted by atomic mass is 10.0. The zero-order chi connectivity index (χ0) is 16.1. The molecule has 0 saturated carbocycles. The van der Waals surface area contributed by atoms with Crippen LogP contribution in [0.3, 0.4) is 0 Å². The largest absolute Gasteiger partial charge is 0.357 e. The average Bonchev–Trinajstić information content (AvgIpc) is 3.06. The minimum Gasteiger partial charge on any atom is -0.357 e. The SMILES string of the molecule is CNC(=O)[C@@H](NC(=O)c1cccc(-n2cccn2)n1)C(C)C. The van der Waals surface area contributed by atoms with Crippen LogP contribution in [0.1, 0.15) is 24.3 Å². The van der Waals surface area contributed by atoms with E-state index in [0.717, 1.165) is 0 Å². The Balaban J connectivity index is 2.19. The minimum atomic E-state index is -0.604. The number of aromatic nitrogens is 3. The van der Waals surface area contributed by atoms with Crippen LogP contribution in [0.4, 0.5) is 0 Å². The molecule has 0 aromatic carbocycles. The number of pyridine rings is 1. The van der Waals surface area contributed by atoms with Gasteiger partial charge < -0.3 is 10.6 Å². The molecule has 116 valence electrons. The van der Waals surface area contributed by atoms with Crippen LogP contribution in [0, 0.1) is 5.92 Å². The Morgan fingerprint density at radius 2 is 2.00 bits per heavy atom. The topological polar surface area (TPSA) is 88.9 Å². The highest BCUT2D eigenvalue weighted by molar-refractivity contribution is 5.96. The fraction of sp³-hybridized carbons (Fsp3) is 0.333. The molecule has 2 aromatic heterocycles. The Kier molecular flexibility index (Phi) is 4.88. The van der Waals surface area contributed by atoms with Crippen LogP contribution in [0.25, 0.3) is 5.82 Å². The molecule has 0 unspecified atom stereocenters. The second-order valence-corrected chi connectivity index (χ2v) is 5.14. The first-order chi connectivity index (χ1) is 10.5. The summed E-state index contributed by atoms with van der Waals surface area (Å²) in [5, 5.41) is 9.34. The lowest BCUT2D eigenvalue weighted by molar-refractivity contribution is -0.123. The van der Waals surface area contributed by atoms with E-state index in [-0.39, 0.29) is 17.5 Å². The molecule has 2 aromatic rings. The van der Waals surface area contributed by atoms with Crippen molar-refractivity contribution < 1.29 is 9.59 Å². The normalized spacial score (nSPS) is 12.0. The second kappa shape index (κ2) is 6.84. The van der Waals surface area contributed by atoms with Gasteiger partial charge in [-0.3, -0.25) is 9.59 Å². The van der Waals surface area contributed by atoms with Gasteiger partial charge in [0.15, 0.2) is 5.82 Å². The lowest BCUT2D eigenvalue weighted by Crippen LogP contribution is -2.48. The van der Waals surface area contributed by atoms with Crippen LogP contribution in [0.2, 0.25) is 0 Å². The summed E-state index contributed by atoms with van der Waals surface area (Å²) in [6.07, 6.45) is 3.38. The van der Waals surface area contributed by atoms with Gasteiger partial charge in [-0.1, -0.05) is 19.9 Å². The Bertz CT molecular complexity index is 652. The molecule has 0 saturated heterocycles. The lowest BCUT2D eigenvalue weighted by Gasteiger charge is -2.20. The predicted octanol–water partition coefficient (Wildman–Crippen LogP) is 0.768. The molecule has 0 aliphatic rings. The van der Waals surface area contributed by atoms with Gasteiger partial charge in [0.05, 0.1) is 0 Å². The zero-order valence-corrected chi connectivity index (χ0v) is 12.8. The minimum absolute atomic E-state index is 0.0294. The highest BCUT2D eigenvalue weighted by Crippen LogP contribution is 2.07. The van der Waals surface area contributed by atoms with E-state index < -0.39 is 11.9 Å². The molecular weight excluding hydrogens is 282 g/mol. The molecule has 2 N–H and O–H groups in total. The Hall–Kier alpha value is -2.70. The quantitative estimate of drug-likeness (QED) is 0.853. The van der Waals surface area contributed by atoms with Crippen molar-refractivity contribution in [3.63, 3.8) is 0 Å². The molecule has 2 heterocycles. The predicted molar refractivity (Wildman–Crippen MR) is 81.5 cm³/mol. The number of carbonyl (C=O) groups is 2. The van der Waals surface area contributed by atoms with E-state index in [2.05, 4.69) is 20.7 Å². The fourth-order valence-electron chi connectivity index (χ4n) is 1.99. The molecular formula is C15H19N5O2. The first-order valence-corrected chi connectivity index (χ1v) is 7.02. The maximum Gasteiger partial charge on any atom is 0.270 e. The molecule has 0 fully saturated rings. The maximum atomic E-state index is 12.3. The fourth-order valence-corrected chi connectivity index (χ4v) is 1.99. The first-order valence-electron chi connectivity index (χ1n) is 7.02. The summed E-state index contributed by atoms with van der Waals surface area (Å²) in [4.78, 5) is 28.4. The highest BCUT2D eigenvalue weighted by atomic mass is 16.2. The first kappa shape index (κ1) is 15.7. The average molecular weight is 301 g/mol. The van der Waals surface area contributed by atoms with Crippen molar-refractivity contribution in [3.8, 4) is 5.82 Å². The maximum absolute atomic E-state index is 12.3. The van der Waals surface area contributed by atoms with Crippen molar-refractivity contribution in [2.75, 3.05) is 7.05 Å². The van der Waals surface area contributed by atoms with E-state index in [1.54, 1.807) is 48.4 Å². The zero-order valence-electron chi connectivity index (χ0n) is 12.8. The molecule has 1 atom stereocenters. The smallest absolute Gasteiger partial charge is 0.270 e. The summed E-state index contributed by atoms with van der Waals surface area (Å²) >= 11 is 0. The Morgan fingerprint density at radius 1 is 1.23 bits per heavy atom. The van der Waals surface area contributed by atoms with Crippen molar-refractivity contribution >= 4 is 11.8 Å². The van der Waals surface area contributed by atoms with Gasteiger partial charge in [-0.2, -0.15) is 5.10 Å². The van der Waals surface area contributed by atoms with Crippen LogP contribution in [0.5, 0.6) is 0 Å². The van der Waals surface area contributed by atoms with Gasteiger partial charge in [-0.25, -0.2) is 9.67 Å². The summed E-state index contributed by atoms with van der Waals surface area (Å²) in [5.41, 5.74) is 0.238. The number of nitrogens with zero attached hydrogens (tertiary/aromatic N) is 3. The standard InChI is InChI=1S/C15H19N5O2/c1-10(2)13(15(22)16-3)19-14(21)11-6-4-7-12(18-11)20-9-5-8-17-20/h4-10,13H,1-3H3,(H,16,22)(H,19,21)/t13-/m0/s1. The van der Waals surface area contributed by atoms with Gasteiger partial charge >= 0.3 is 0 Å². The summed E-state index contributed by atoms with van der Waals surface area (Å²) in [5.74, 6) is -0.111. The molecule has 0 radical (unpaired) electrons. The van der Waals surface area contributed by atoms with Crippen LogP contribution in [-0.4, -0.2) is 39.7 Å². The summed E-state index contributed by atoms with van der Waals surface area (Å²) in [7, 11) is 1.54.